The van der Waals surface area contributed by atoms with Crippen LogP contribution >= 0.6 is 8.24 Å². The summed E-state index contributed by atoms with van der Waals surface area (Å²) in [4.78, 5) is 13.9. The molecule has 1 heterocycles. The zero-order valence-electron chi connectivity index (χ0n) is 32.7. The first-order chi connectivity index (χ1) is 28.4. The van der Waals surface area contributed by atoms with Crippen molar-refractivity contribution in [1.29, 1.82) is 0 Å². The molecule has 1 aromatic heterocycles. The van der Waals surface area contributed by atoms with E-state index in [1.54, 1.807) is 0 Å². The lowest BCUT2D eigenvalue weighted by atomic mass is 9.75. The van der Waals surface area contributed by atoms with Crippen LogP contribution in [0.1, 0.15) is 40.0 Å². The molecule has 10 rings (SSSR count). The molecular formula is C51H43O6P. The van der Waals surface area contributed by atoms with Crippen molar-refractivity contribution < 1.29 is 27.2 Å². The average molecular weight is 783 g/mol. The molecular weight excluding hydrogens is 740 g/mol. The normalized spacial score (nSPS) is 17.1. The number of benzene rings is 8. The van der Waals surface area contributed by atoms with Crippen LogP contribution in [0.4, 0.5) is 4.79 Å². The Morgan fingerprint density at radius 3 is 1.60 bits per heavy atom. The first-order valence-corrected chi connectivity index (χ1v) is 21.3. The molecule has 8 aromatic carbocycles. The number of ether oxygens (including phenoxy) is 2. The van der Waals surface area contributed by atoms with E-state index in [9.17, 15) is 4.79 Å². The SMILES string of the molecule is CC(C)[C@@H]1CC[C@@H](C)C[C@H]1OC(=O)Oc1ccc2ccccc2c1-c1c(Op2oc3ccc4ccccc4c3c3c(ccc4ccccc43)o2)ccc2ccccc12. The highest BCUT2D eigenvalue weighted by atomic mass is 31.1. The Kier molecular flexibility index (Phi) is 9.30. The average Bonchev–Trinajstić information content (AvgIpc) is 3.40. The van der Waals surface area contributed by atoms with Crippen LogP contribution in [0.2, 0.25) is 0 Å². The van der Waals surface area contributed by atoms with Crippen molar-refractivity contribution >= 4 is 79.4 Å². The van der Waals surface area contributed by atoms with Crippen LogP contribution in [0, 0.1) is 17.8 Å². The van der Waals surface area contributed by atoms with Crippen LogP contribution in [-0.2, 0) is 4.74 Å². The van der Waals surface area contributed by atoms with Gasteiger partial charge in [-0.2, -0.15) is 0 Å². The topological polar surface area (TPSA) is 71.0 Å². The van der Waals surface area contributed by atoms with Crippen LogP contribution in [0.3, 0.4) is 0 Å². The van der Waals surface area contributed by atoms with E-state index in [0.29, 0.717) is 34.5 Å². The van der Waals surface area contributed by atoms with Crippen molar-refractivity contribution in [2.75, 3.05) is 0 Å². The second-order valence-corrected chi connectivity index (χ2v) is 17.0. The fourth-order valence-electron chi connectivity index (χ4n) is 9.14. The largest absolute Gasteiger partial charge is 0.514 e. The van der Waals surface area contributed by atoms with Gasteiger partial charge in [-0.3, -0.25) is 0 Å². The Hall–Kier alpha value is -6.23. The van der Waals surface area contributed by atoms with Crippen LogP contribution in [0.15, 0.2) is 154 Å². The molecule has 1 aliphatic rings. The second kappa shape index (κ2) is 14.9. The third-order valence-corrected chi connectivity index (χ3v) is 13.0. The Morgan fingerprint density at radius 2 is 1.05 bits per heavy atom. The highest BCUT2D eigenvalue weighted by molar-refractivity contribution is 7.32. The third kappa shape index (κ3) is 6.52. The van der Waals surface area contributed by atoms with Gasteiger partial charge in [-0.05, 0) is 98.0 Å². The summed E-state index contributed by atoms with van der Waals surface area (Å²) in [6, 6.07) is 49.0. The van der Waals surface area contributed by atoms with E-state index >= 15 is 0 Å². The first-order valence-electron chi connectivity index (χ1n) is 20.2. The van der Waals surface area contributed by atoms with Gasteiger partial charge in [0.1, 0.15) is 28.8 Å². The van der Waals surface area contributed by atoms with Crippen molar-refractivity contribution in [1.82, 2.24) is 0 Å². The monoisotopic (exact) mass is 782 g/mol. The molecule has 9 aromatic rings. The summed E-state index contributed by atoms with van der Waals surface area (Å²) in [5.74, 6) is 2.08. The molecule has 0 amide bonds. The number of rotatable bonds is 6. The Labute approximate surface area is 337 Å². The van der Waals surface area contributed by atoms with Gasteiger partial charge in [0.2, 0.25) is 0 Å². The van der Waals surface area contributed by atoms with Crippen LogP contribution < -0.4 is 9.26 Å². The summed E-state index contributed by atoms with van der Waals surface area (Å²) in [6.45, 7) is 6.64. The first kappa shape index (κ1) is 36.1. The molecule has 0 spiro atoms. The third-order valence-electron chi connectivity index (χ3n) is 12.0. The van der Waals surface area contributed by atoms with Gasteiger partial charge in [0.05, 0.1) is 0 Å². The summed E-state index contributed by atoms with van der Waals surface area (Å²) < 4.78 is 33.1. The lowest BCUT2D eigenvalue weighted by molar-refractivity contribution is -0.0136. The smallest absolute Gasteiger partial charge is 0.430 e. The van der Waals surface area contributed by atoms with Gasteiger partial charge < -0.3 is 22.4 Å². The van der Waals surface area contributed by atoms with E-state index in [1.807, 2.05) is 72.8 Å². The molecule has 288 valence electrons. The van der Waals surface area contributed by atoms with E-state index < -0.39 is 14.4 Å². The lowest BCUT2D eigenvalue weighted by Gasteiger charge is -2.36. The molecule has 1 aliphatic carbocycles. The van der Waals surface area contributed by atoms with Crippen LogP contribution in [-0.4, -0.2) is 12.3 Å². The van der Waals surface area contributed by atoms with Crippen molar-refractivity contribution in [3.8, 4) is 22.6 Å². The van der Waals surface area contributed by atoms with Crippen LogP contribution in [0.5, 0.6) is 11.5 Å². The van der Waals surface area contributed by atoms with Gasteiger partial charge in [-0.25, -0.2) is 4.79 Å². The fourth-order valence-corrected chi connectivity index (χ4v) is 10.2. The van der Waals surface area contributed by atoms with Gasteiger partial charge in [-0.15, -0.1) is 0 Å². The summed E-state index contributed by atoms with van der Waals surface area (Å²) in [6.07, 6.45) is 2.09. The standard InChI is InChI=1S/C51H43O6P/c1-31(2)37-25-20-32(3)30-46(37)54-51(52)53-42-26-21-33-12-4-8-16-38(33)47(42)48-39-17-9-5-13-34(39)22-27-43(48)55-58-56-44-28-23-35-14-6-10-18-40(35)49(44)50-41-19-11-7-15-36(41)24-29-45(50)57-58/h4-19,21-24,26-29,31-32,37,46H,20,25,30H2,1-3H3/t32-,37+,46-/m1/s1. The molecule has 7 heteroatoms. The van der Waals surface area contributed by atoms with Crippen molar-refractivity contribution in [2.24, 2.45) is 17.8 Å². The molecule has 0 saturated heterocycles. The van der Waals surface area contributed by atoms with E-state index in [4.69, 9.17) is 22.4 Å². The predicted molar refractivity (Wildman–Crippen MR) is 236 cm³/mol. The van der Waals surface area contributed by atoms with Gasteiger partial charge in [0, 0.05) is 21.9 Å². The van der Waals surface area contributed by atoms with E-state index in [1.165, 1.54) is 0 Å². The van der Waals surface area contributed by atoms with E-state index in [0.717, 1.165) is 84.3 Å². The van der Waals surface area contributed by atoms with Crippen molar-refractivity contribution in [3.63, 3.8) is 0 Å². The van der Waals surface area contributed by atoms with Crippen molar-refractivity contribution in [3.05, 3.63) is 146 Å². The minimum Gasteiger partial charge on any atom is -0.430 e. The van der Waals surface area contributed by atoms with Gasteiger partial charge in [-0.1, -0.05) is 149 Å². The molecule has 0 bridgehead atoms. The zero-order chi connectivity index (χ0) is 39.3. The second-order valence-electron chi connectivity index (χ2n) is 16.0. The van der Waals surface area contributed by atoms with Gasteiger partial charge in [0.25, 0.3) is 0 Å². The molecule has 0 unspecified atom stereocenters. The number of carbonyl (C=O) groups excluding carboxylic acids is 1. The Morgan fingerprint density at radius 1 is 0.586 bits per heavy atom. The molecule has 0 radical (unpaired) electrons. The maximum atomic E-state index is 13.9. The summed E-state index contributed by atoms with van der Waals surface area (Å²) in [5, 5.41) is 10.1. The van der Waals surface area contributed by atoms with Crippen molar-refractivity contribution in [2.45, 2.75) is 46.1 Å². The highest BCUT2D eigenvalue weighted by Crippen LogP contribution is 2.49. The summed E-state index contributed by atoms with van der Waals surface area (Å²) in [7, 11) is -2.05. The Bertz CT molecular complexity index is 2980. The van der Waals surface area contributed by atoms with Crippen LogP contribution in [0.25, 0.3) is 76.2 Å². The van der Waals surface area contributed by atoms with E-state index in [2.05, 4.69) is 93.6 Å². The molecule has 1 saturated carbocycles. The maximum Gasteiger partial charge on any atom is 0.514 e. The molecule has 3 atom stereocenters. The highest BCUT2D eigenvalue weighted by Gasteiger charge is 2.34. The molecule has 1 fully saturated rings. The van der Waals surface area contributed by atoms with Gasteiger partial charge >= 0.3 is 14.4 Å². The molecule has 0 N–H and O–H groups in total. The molecule has 58 heavy (non-hydrogen) atoms. The minimum absolute atomic E-state index is 0.205. The number of hydrogen-bond donors (Lipinski definition) is 0. The summed E-state index contributed by atoms with van der Waals surface area (Å²) >= 11 is 0. The lowest BCUT2D eigenvalue weighted by Crippen LogP contribution is -2.36. The van der Waals surface area contributed by atoms with E-state index in [-0.39, 0.29) is 12.0 Å². The number of hydrogen-bond acceptors (Lipinski definition) is 6. The number of carbonyl (C=O) groups is 1. The van der Waals surface area contributed by atoms with Gasteiger partial charge in [0.15, 0.2) is 0 Å². The predicted octanol–water partition coefficient (Wildman–Crippen LogP) is 15.4. The summed E-state index contributed by atoms with van der Waals surface area (Å²) in [5.41, 5.74) is 2.84. The number of fused-ring (bicyclic) bond motifs is 9. The fraction of sp³-hybridized carbons (Fsp3) is 0.196. The molecule has 6 nitrogen and oxygen atoms in total. The quantitative estimate of drug-likeness (QED) is 0.124. The zero-order valence-corrected chi connectivity index (χ0v) is 33.6. The maximum absolute atomic E-state index is 13.9. The molecule has 0 aliphatic heterocycles. The Balaban J connectivity index is 1.16. The minimum atomic E-state index is -2.05.